The maximum absolute atomic E-state index is 13.7. The SMILES string of the molecule is CNC(=O)[C@@H]1CCCN(C(=O)NCc2cc(C#N)ccc2F)C1. The van der Waals surface area contributed by atoms with Crippen LogP contribution in [0.2, 0.25) is 0 Å². The molecule has 122 valence electrons. The van der Waals surface area contributed by atoms with Crippen molar-refractivity contribution in [3.63, 3.8) is 0 Å². The number of nitrogens with one attached hydrogen (secondary N) is 2. The molecule has 0 bridgehead atoms. The molecule has 23 heavy (non-hydrogen) atoms. The molecule has 1 aliphatic heterocycles. The highest BCUT2D eigenvalue weighted by Crippen LogP contribution is 2.17. The van der Waals surface area contributed by atoms with E-state index in [-0.39, 0.29) is 30.0 Å². The van der Waals surface area contributed by atoms with Gasteiger partial charge in [-0.3, -0.25) is 4.79 Å². The van der Waals surface area contributed by atoms with Gasteiger partial charge in [0.15, 0.2) is 0 Å². The number of rotatable bonds is 3. The first-order chi connectivity index (χ1) is 11.0. The van der Waals surface area contributed by atoms with Gasteiger partial charge in [-0.25, -0.2) is 9.18 Å². The lowest BCUT2D eigenvalue weighted by molar-refractivity contribution is -0.125. The third-order valence-corrected chi connectivity index (χ3v) is 3.93. The fourth-order valence-corrected chi connectivity index (χ4v) is 2.64. The Morgan fingerprint density at radius 2 is 2.26 bits per heavy atom. The maximum Gasteiger partial charge on any atom is 0.317 e. The lowest BCUT2D eigenvalue weighted by Crippen LogP contribution is -2.48. The molecule has 1 aromatic carbocycles. The molecule has 1 heterocycles. The van der Waals surface area contributed by atoms with Gasteiger partial charge in [0.2, 0.25) is 5.91 Å². The van der Waals surface area contributed by atoms with Gasteiger partial charge in [0.1, 0.15) is 5.82 Å². The predicted molar refractivity (Wildman–Crippen MR) is 81.7 cm³/mol. The lowest BCUT2D eigenvalue weighted by Gasteiger charge is -2.31. The minimum absolute atomic E-state index is 0.00132. The van der Waals surface area contributed by atoms with Crippen LogP contribution in [0.5, 0.6) is 0 Å². The molecule has 2 N–H and O–H groups in total. The number of piperidine rings is 1. The Balaban J connectivity index is 1.94. The summed E-state index contributed by atoms with van der Waals surface area (Å²) >= 11 is 0. The molecule has 1 fully saturated rings. The maximum atomic E-state index is 13.7. The summed E-state index contributed by atoms with van der Waals surface area (Å²) in [6.45, 7) is 0.924. The Labute approximate surface area is 134 Å². The quantitative estimate of drug-likeness (QED) is 0.882. The van der Waals surface area contributed by atoms with Crippen molar-refractivity contribution in [1.82, 2.24) is 15.5 Å². The zero-order valence-electron chi connectivity index (χ0n) is 12.9. The summed E-state index contributed by atoms with van der Waals surface area (Å²) in [6, 6.07) is 5.62. The third-order valence-electron chi connectivity index (χ3n) is 3.93. The molecule has 0 spiro atoms. The topological polar surface area (TPSA) is 85.2 Å². The molecule has 0 radical (unpaired) electrons. The van der Waals surface area contributed by atoms with Crippen molar-refractivity contribution < 1.29 is 14.0 Å². The van der Waals surface area contributed by atoms with Crippen LogP contribution in [-0.4, -0.2) is 37.0 Å². The van der Waals surface area contributed by atoms with E-state index in [1.54, 1.807) is 11.9 Å². The fourth-order valence-electron chi connectivity index (χ4n) is 2.64. The van der Waals surface area contributed by atoms with Gasteiger partial charge in [0.05, 0.1) is 17.6 Å². The summed E-state index contributed by atoms with van der Waals surface area (Å²) < 4.78 is 13.7. The van der Waals surface area contributed by atoms with Crippen molar-refractivity contribution in [3.05, 3.63) is 35.1 Å². The number of carbonyl (C=O) groups excluding carboxylic acids is 2. The molecular formula is C16H19FN4O2. The minimum atomic E-state index is -0.466. The van der Waals surface area contributed by atoms with Crippen molar-refractivity contribution in [3.8, 4) is 6.07 Å². The van der Waals surface area contributed by atoms with Gasteiger partial charge >= 0.3 is 6.03 Å². The molecule has 0 saturated carbocycles. The number of carbonyl (C=O) groups is 2. The van der Waals surface area contributed by atoms with Gasteiger partial charge in [-0.1, -0.05) is 0 Å². The predicted octanol–water partition coefficient (Wildman–Crippen LogP) is 1.36. The van der Waals surface area contributed by atoms with Crippen molar-refractivity contribution in [2.75, 3.05) is 20.1 Å². The molecule has 3 amide bonds. The standard InChI is InChI=1S/C16H19FN4O2/c1-19-15(22)12-3-2-6-21(10-12)16(23)20-9-13-7-11(8-18)4-5-14(13)17/h4-5,7,12H,2-3,6,9-10H2,1H3,(H,19,22)(H,20,23)/t12-/m1/s1. The molecule has 1 aliphatic rings. The molecular weight excluding hydrogens is 299 g/mol. The van der Waals surface area contributed by atoms with Gasteiger partial charge in [0.25, 0.3) is 0 Å². The van der Waals surface area contributed by atoms with Gasteiger partial charge < -0.3 is 15.5 Å². The van der Waals surface area contributed by atoms with Crippen LogP contribution in [-0.2, 0) is 11.3 Å². The number of hydrogen-bond donors (Lipinski definition) is 2. The van der Waals surface area contributed by atoms with E-state index < -0.39 is 5.82 Å². The summed E-state index contributed by atoms with van der Waals surface area (Å²) in [5, 5.41) is 14.1. The third kappa shape index (κ3) is 4.19. The Morgan fingerprint density at radius 3 is 2.96 bits per heavy atom. The van der Waals surface area contributed by atoms with Gasteiger partial charge in [-0.2, -0.15) is 5.26 Å². The highest BCUT2D eigenvalue weighted by atomic mass is 19.1. The number of hydrogen-bond acceptors (Lipinski definition) is 3. The van der Waals surface area contributed by atoms with Crippen LogP contribution in [0.1, 0.15) is 24.0 Å². The van der Waals surface area contributed by atoms with Gasteiger partial charge in [0, 0.05) is 32.2 Å². The second-order valence-corrected chi connectivity index (χ2v) is 5.48. The highest BCUT2D eigenvalue weighted by molar-refractivity contribution is 5.80. The summed E-state index contributed by atoms with van der Waals surface area (Å²) in [5.41, 5.74) is 0.602. The smallest absolute Gasteiger partial charge is 0.317 e. The van der Waals surface area contributed by atoms with E-state index in [1.807, 2.05) is 6.07 Å². The lowest BCUT2D eigenvalue weighted by atomic mass is 9.97. The van der Waals surface area contributed by atoms with E-state index in [2.05, 4.69) is 10.6 Å². The molecule has 6 nitrogen and oxygen atoms in total. The monoisotopic (exact) mass is 318 g/mol. The van der Waals surface area contributed by atoms with Crippen LogP contribution in [0.3, 0.4) is 0 Å². The number of urea groups is 1. The van der Waals surface area contributed by atoms with Crippen molar-refractivity contribution >= 4 is 11.9 Å². The zero-order valence-corrected chi connectivity index (χ0v) is 12.9. The van der Waals surface area contributed by atoms with E-state index in [0.717, 1.165) is 12.8 Å². The van der Waals surface area contributed by atoms with E-state index in [0.29, 0.717) is 18.7 Å². The fraction of sp³-hybridized carbons (Fsp3) is 0.438. The van der Waals surface area contributed by atoms with Crippen LogP contribution in [0.4, 0.5) is 9.18 Å². The van der Waals surface area contributed by atoms with E-state index in [4.69, 9.17) is 5.26 Å². The molecule has 1 aromatic rings. The average molecular weight is 318 g/mol. The van der Waals surface area contributed by atoms with Crippen LogP contribution < -0.4 is 10.6 Å². The zero-order chi connectivity index (χ0) is 16.8. The summed E-state index contributed by atoms with van der Waals surface area (Å²) in [7, 11) is 1.58. The second kappa shape index (κ2) is 7.58. The molecule has 0 aliphatic carbocycles. The van der Waals surface area contributed by atoms with Crippen molar-refractivity contribution in [2.45, 2.75) is 19.4 Å². The first-order valence-corrected chi connectivity index (χ1v) is 7.48. The van der Waals surface area contributed by atoms with E-state index in [1.165, 1.54) is 18.2 Å². The number of benzene rings is 1. The van der Waals surface area contributed by atoms with Gasteiger partial charge in [-0.05, 0) is 31.0 Å². The summed E-state index contributed by atoms with van der Waals surface area (Å²) in [4.78, 5) is 25.4. The van der Waals surface area contributed by atoms with Crippen LogP contribution in [0.25, 0.3) is 0 Å². The first-order valence-electron chi connectivity index (χ1n) is 7.48. The molecule has 2 rings (SSSR count). The Kier molecular flexibility index (Phi) is 5.52. The molecule has 1 atom stereocenters. The molecule has 0 unspecified atom stereocenters. The minimum Gasteiger partial charge on any atom is -0.359 e. The Hall–Kier alpha value is -2.62. The number of nitriles is 1. The summed E-state index contributed by atoms with van der Waals surface area (Å²) in [5.74, 6) is -0.750. The number of likely N-dealkylation sites (tertiary alicyclic amines) is 1. The Bertz CT molecular complexity index is 641. The molecule has 1 saturated heterocycles. The van der Waals surface area contributed by atoms with Crippen LogP contribution >= 0.6 is 0 Å². The number of halogens is 1. The highest BCUT2D eigenvalue weighted by Gasteiger charge is 2.27. The summed E-state index contributed by atoms with van der Waals surface area (Å²) in [6.07, 6.45) is 1.51. The number of nitrogens with zero attached hydrogens (tertiary/aromatic N) is 2. The number of amides is 3. The molecule has 0 aromatic heterocycles. The van der Waals surface area contributed by atoms with Crippen LogP contribution in [0, 0.1) is 23.1 Å². The first kappa shape index (κ1) is 16.7. The average Bonchev–Trinajstić information content (AvgIpc) is 2.60. The van der Waals surface area contributed by atoms with Gasteiger partial charge in [-0.15, -0.1) is 0 Å². The van der Waals surface area contributed by atoms with E-state index in [9.17, 15) is 14.0 Å². The van der Waals surface area contributed by atoms with Crippen molar-refractivity contribution in [2.24, 2.45) is 5.92 Å². The normalized spacial score (nSPS) is 17.3. The van der Waals surface area contributed by atoms with Crippen LogP contribution in [0.15, 0.2) is 18.2 Å². The second-order valence-electron chi connectivity index (χ2n) is 5.48. The Morgan fingerprint density at radius 1 is 1.48 bits per heavy atom. The van der Waals surface area contributed by atoms with E-state index >= 15 is 0 Å². The van der Waals surface area contributed by atoms with Crippen molar-refractivity contribution in [1.29, 1.82) is 5.26 Å². The molecule has 7 heteroatoms. The largest absolute Gasteiger partial charge is 0.359 e.